The zero-order valence-corrected chi connectivity index (χ0v) is 17.3. The Morgan fingerprint density at radius 2 is 1.88 bits per heavy atom. The van der Waals surface area contributed by atoms with Gasteiger partial charge in [-0.3, -0.25) is 4.79 Å². The van der Waals surface area contributed by atoms with E-state index in [0.29, 0.717) is 17.5 Å². The van der Waals surface area contributed by atoms with E-state index >= 15 is 0 Å². The third-order valence-corrected chi connectivity index (χ3v) is 6.59. The van der Waals surface area contributed by atoms with Crippen molar-refractivity contribution in [1.82, 2.24) is 10.0 Å². The monoisotopic (exact) mass is 400 g/mol. The Kier molecular flexibility index (Phi) is 7.11. The van der Waals surface area contributed by atoms with Gasteiger partial charge in [-0.1, -0.05) is 44.5 Å². The van der Waals surface area contributed by atoms with Crippen molar-refractivity contribution in [2.24, 2.45) is 5.92 Å². The molecule has 0 bridgehead atoms. The molecule has 2 N–H and O–H groups in total. The van der Waals surface area contributed by atoms with Crippen LogP contribution < -0.4 is 10.0 Å². The fourth-order valence-electron chi connectivity index (χ4n) is 3.23. The van der Waals surface area contributed by atoms with Crippen LogP contribution in [0.25, 0.3) is 0 Å². The first-order valence-electron chi connectivity index (χ1n) is 9.10. The SMILES string of the molecule is CC1CCC(NS(=O)(=O)CC(=O)NCC(C)(C)c2cccc(Cl)c2)CC1. The van der Waals surface area contributed by atoms with Gasteiger partial charge in [0.25, 0.3) is 0 Å². The number of rotatable bonds is 7. The molecule has 26 heavy (non-hydrogen) atoms. The average Bonchev–Trinajstić information content (AvgIpc) is 2.55. The quantitative estimate of drug-likeness (QED) is 0.737. The maximum Gasteiger partial charge on any atom is 0.236 e. The van der Waals surface area contributed by atoms with Gasteiger partial charge in [0.2, 0.25) is 15.9 Å². The van der Waals surface area contributed by atoms with E-state index in [1.54, 1.807) is 6.07 Å². The molecule has 2 rings (SSSR count). The molecule has 1 aliphatic rings. The topological polar surface area (TPSA) is 75.3 Å². The molecule has 1 fully saturated rings. The van der Waals surface area contributed by atoms with Crippen LogP contribution in [0, 0.1) is 5.92 Å². The van der Waals surface area contributed by atoms with Gasteiger partial charge in [0.1, 0.15) is 5.75 Å². The Bertz CT molecular complexity index is 726. The molecule has 0 unspecified atom stereocenters. The molecule has 146 valence electrons. The summed E-state index contributed by atoms with van der Waals surface area (Å²) < 4.78 is 27.2. The molecule has 1 aromatic rings. The number of carbonyl (C=O) groups is 1. The molecule has 1 aromatic carbocycles. The number of amides is 1. The highest BCUT2D eigenvalue weighted by atomic mass is 35.5. The lowest BCUT2D eigenvalue weighted by atomic mass is 9.84. The Hall–Kier alpha value is -1.11. The van der Waals surface area contributed by atoms with Crippen molar-refractivity contribution in [3.8, 4) is 0 Å². The molecule has 7 heteroatoms. The number of benzene rings is 1. The van der Waals surface area contributed by atoms with Gasteiger partial charge in [0.05, 0.1) is 0 Å². The van der Waals surface area contributed by atoms with Crippen LogP contribution in [0.5, 0.6) is 0 Å². The van der Waals surface area contributed by atoms with E-state index in [-0.39, 0.29) is 11.5 Å². The predicted molar refractivity (Wildman–Crippen MR) is 106 cm³/mol. The lowest BCUT2D eigenvalue weighted by molar-refractivity contribution is -0.118. The molecule has 0 radical (unpaired) electrons. The lowest BCUT2D eigenvalue weighted by Crippen LogP contribution is -2.44. The molecular weight excluding hydrogens is 372 g/mol. The van der Waals surface area contributed by atoms with Gasteiger partial charge in [-0.15, -0.1) is 0 Å². The standard InChI is InChI=1S/C19H29ClN2O3S/c1-14-7-9-17(10-8-14)22-26(24,25)12-18(23)21-13-19(2,3)15-5-4-6-16(20)11-15/h4-6,11,14,17,22H,7-10,12-13H2,1-3H3,(H,21,23). The van der Waals surface area contributed by atoms with E-state index in [1.807, 2.05) is 32.0 Å². The van der Waals surface area contributed by atoms with Crippen molar-refractivity contribution in [1.29, 1.82) is 0 Å². The Morgan fingerprint density at radius 1 is 1.23 bits per heavy atom. The second-order valence-electron chi connectivity index (χ2n) is 8.00. The molecule has 1 amide bonds. The summed E-state index contributed by atoms with van der Waals surface area (Å²) in [4.78, 5) is 12.1. The minimum Gasteiger partial charge on any atom is -0.354 e. The zero-order chi connectivity index (χ0) is 19.4. The van der Waals surface area contributed by atoms with Crippen LogP contribution in [0.4, 0.5) is 0 Å². The zero-order valence-electron chi connectivity index (χ0n) is 15.7. The minimum absolute atomic E-state index is 0.0492. The molecule has 0 aliphatic heterocycles. The summed E-state index contributed by atoms with van der Waals surface area (Å²) in [6, 6.07) is 7.41. The molecule has 0 atom stereocenters. The number of halogens is 1. The van der Waals surface area contributed by atoms with Crippen LogP contribution in [0.2, 0.25) is 5.02 Å². The molecule has 0 aromatic heterocycles. The average molecular weight is 401 g/mol. The first-order chi connectivity index (χ1) is 12.1. The number of hydrogen-bond donors (Lipinski definition) is 2. The number of sulfonamides is 1. The minimum atomic E-state index is -3.62. The summed E-state index contributed by atoms with van der Waals surface area (Å²) in [6.07, 6.45) is 3.72. The van der Waals surface area contributed by atoms with E-state index in [9.17, 15) is 13.2 Å². The number of nitrogens with one attached hydrogen (secondary N) is 2. The predicted octanol–water partition coefficient (Wildman–Crippen LogP) is 3.23. The number of carbonyl (C=O) groups excluding carboxylic acids is 1. The Morgan fingerprint density at radius 3 is 2.50 bits per heavy atom. The largest absolute Gasteiger partial charge is 0.354 e. The van der Waals surface area contributed by atoms with Crippen LogP contribution in [-0.2, 0) is 20.2 Å². The van der Waals surface area contributed by atoms with Gasteiger partial charge in [-0.25, -0.2) is 13.1 Å². The third-order valence-electron chi connectivity index (χ3n) is 5.02. The summed E-state index contributed by atoms with van der Waals surface area (Å²) in [5.41, 5.74) is 0.639. The first kappa shape index (κ1) is 21.2. The molecule has 0 saturated heterocycles. The summed E-state index contributed by atoms with van der Waals surface area (Å²) in [5.74, 6) is -0.380. The van der Waals surface area contributed by atoms with Gasteiger partial charge in [-0.2, -0.15) is 0 Å². The first-order valence-corrected chi connectivity index (χ1v) is 11.1. The third kappa shape index (κ3) is 6.56. The van der Waals surface area contributed by atoms with Crippen molar-refractivity contribution >= 4 is 27.5 Å². The van der Waals surface area contributed by atoms with Gasteiger partial charge in [-0.05, 0) is 49.3 Å². The van der Waals surface area contributed by atoms with Crippen LogP contribution >= 0.6 is 11.6 Å². The van der Waals surface area contributed by atoms with E-state index in [2.05, 4.69) is 17.0 Å². The van der Waals surface area contributed by atoms with Crippen LogP contribution in [0.1, 0.15) is 52.0 Å². The molecular formula is C19H29ClN2O3S. The van der Waals surface area contributed by atoms with Gasteiger partial charge in [0.15, 0.2) is 0 Å². The van der Waals surface area contributed by atoms with Crippen LogP contribution in [-0.4, -0.2) is 32.7 Å². The highest BCUT2D eigenvalue weighted by Gasteiger charge is 2.26. The van der Waals surface area contributed by atoms with Crippen molar-refractivity contribution in [2.45, 2.75) is 57.9 Å². The van der Waals surface area contributed by atoms with E-state index < -0.39 is 21.7 Å². The fourth-order valence-corrected chi connectivity index (χ4v) is 4.69. The lowest BCUT2D eigenvalue weighted by Gasteiger charge is -2.27. The van der Waals surface area contributed by atoms with Gasteiger partial charge in [0, 0.05) is 23.0 Å². The highest BCUT2D eigenvalue weighted by Crippen LogP contribution is 2.25. The van der Waals surface area contributed by atoms with Crippen LogP contribution in [0.15, 0.2) is 24.3 Å². The van der Waals surface area contributed by atoms with Crippen molar-refractivity contribution < 1.29 is 13.2 Å². The maximum atomic E-state index is 12.2. The molecule has 1 aliphatic carbocycles. The second-order valence-corrected chi connectivity index (χ2v) is 10.2. The second kappa shape index (κ2) is 8.72. The molecule has 0 spiro atoms. The van der Waals surface area contributed by atoms with Crippen LogP contribution in [0.3, 0.4) is 0 Å². The summed E-state index contributed by atoms with van der Waals surface area (Å²) >= 11 is 6.03. The summed E-state index contributed by atoms with van der Waals surface area (Å²) in [7, 11) is -3.62. The van der Waals surface area contributed by atoms with Crippen molar-refractivity contribution in [3.63, 3.8) is 0 Å². The van der Waals surface area contributed by atoms with Crippen molar-refractivity contribution in [2.75, 3.05) is 12.3 Å². The highest BCUT2D eigenvalue weighted by molar-refractivity contribution is 7.90. The Balaban J connectivity index is 1.85. The molecule has 1 saturated carbocycles. The van der Waals surface area contributed by atoms with E-state index in [4.69, 9.17) is 11.6 Å². The van der Waals surface area contributed by atoms with Gasteiger partial charge < -0.3 is 5.32 Å². The van der Waals surface area contributed by atoms with E-state index in [1.165, 1.54) is 0 Å². The maximum absolute atomic E-state index is 12.2. The Labute approximate surface area is 161 Å². The fraction of sp³-hybridized carbons (Fsp3) is 0.632. The molecule has 0 heterocycles. The normalized spacial score (nSPS) is 21.4. The molecule has 5 nitrogen and oxygen atoms in total. The summed E-state index contributed by atoms with van der Waals surface area (Å²) in [5, 5.41) is 3.37. The summed E-state index contributed by atoms with van der Waals surface area (Å²) in [6.45, 7) is 6.48. The smallest absolute Gasteiger partial charge is 0.236 e. The van der Waals surface area contributed by atoms with Crippen molar-refractivity contribution in [3.05, 3.63) is 34.9 Å². The van der Waals surface area contributed by atoms with Gasteiger partial charge >= 0.3 is 0 Å². The number of hydrogen-bond acceptors (Lipinski definition) is 3. The van der Waals surface area contributed by atoms with E-state index in [0.717, 1.165) is 31.2 Å².